The molecule has 0 aliphatic heterocycles. The van der Waals surface area contributed by atoms with Crippen LogP contribution in [0.15, 0.2) is 31.0 Å². The molecule has 0 saturated carbocycles. The van der Waals surface area contributed by atoms with Gasteiger partial charge in [0, 0.05) is 18.6 Å². The van der Waals surface area contributed by atoms with Crippen LogP contribution in [0.1, 0.15) is 25.0 Å². The van der Waals surface area contributed by atoms with Crippen molar-refractivity contribution in [2.24, 2.45) is 7.05 Å². The molecule has 0 amide bonds. The van der Waals surface area contributed by atoms with E-state index in [0.717, 1.165) is 11.9 Å². The van der Waals surface area contributed by atoms with Gasteiger partial charge in [-0.1, -0.05) is 13.0 Å². The number of fused-ring (bicyclic) bond motifs is 1. The molecule has 0 N–H and O–H groups in total. The van der Waals surface area contributed by atoms with Crippen molar-refractivity contribution in [2.75, 3.05) is 0 Å². The van der Waals surface area contributed by atoms with Gasteiger partial charge < -0.3 is 0 Å². The van der Waals surface area contributed by atoms with E-state index in [1.54, 1.807) is 6.08 Å². The molecule has 1 aromatic carbocycles. The van der Waals surface area contributed by atoms with Crippen LogP contribution in [0.5, 0.6) is 0 Å². The van der Waals surface area contributed by atoms with Gasteiger partial charge in [0.2, 0.25) is 0 Å². The molecule has 0 radical (unpaired) electrons. The predicted octanol–water partition coefficient (Wildman–Crippen LogP) is 3.64. The Hall–Kier alpha value is -1.57. The second kappa shape index (κ2) is 5.50. The number of aromatic nitrogens is 2. The summed E-state index contributed by atoms with van der Waals surface area (Å²) < 4.78 is 1.86. The summed E-state index contributed by atoms with van der Waals surface area (Å²) in [7, 11) is 1.96. The van der Waals surface area contributed by atoms with E-state index >= 15 is 0 Å². The molecule has 0 aliphatic carbocycles. The largest absolute Gasteiger partial charge is 0.275 e. The summed E-state index contributed by atoms with van der Waals surface area (Å²) in [6.07, 6.45) is 4.91. The number of benzene rings is 1. The smallest absolute Gasteiger partial charge is 0.0926 e. The van der Waals surface area contributed by atoms with Crippen LogP contribution in [-0.4, -0.2) is 9.78 Å². The zero-order chi connectivity index (χ0) is 12.1. The average Bonchev–Trinajstić information content (AvgIpc) is 2.57. The van der Waals surface area contributed by atoms with Crippen LogP contribution in [0.3, 0.4) is 0 Å². The molecular formula is C14H20N2. The topological polar surface area (TPSA) is 17.8 Å². The molecule has 0 unspecified atom stereocenters. The molecule has 1 aromatic heterocycles. The Kier molecular flexibility index (Phi) is 4.29. The minimum absolute atomic E-state index is 1.09. The predicted molar refractivity (Wildman–Crippen MR) is 70.7 cm³/mol. The van der Waals surface area contributed by atoms with E-state index in [9.17, 15) is 0 Å². The Bertz CT molecular complexity index is 481. The summed E-state index contributed by atoms with van der Waals surface area (Å²) in [6.45, 7) is 9.58. The summed E-state index contributed by atoms with van der Waals surface area (Å²) in [5.41, 5.74) is 3.85. The first kappa shape index (κ1) is 12.5. The van der Waals surface area contributed by atoms with Crippen molar-refractivity contribution in [3.63, 3.8) is 0 Å². The number of aryl methyl sites for hydroxylation is 3. The van der Waals surface area contributed by atoms with Crippen molar-refractivity contribution in [3.05, 3.63) is 42.1 Å². The van der Waals surface area contributed by atoms with Crippen LogP contribution >= 0.6 is 0 Å². The highest BCUT2D eigenvalue weighted by Crippen LogP contribution is 2.18. The first-order chi connectivity index (χ1) is 7.62. The van der Waals surface area contributed by atoms with Crippen LogP contribution < -0.4 is 0 Å². The Morgan fingerprint density at radius 3 is 2.62 bits per heavy atom. The lowest BCUT2D eigenvalue weighted by molar-refractivity contribution is 0.779. The Morgan fingerprint density at radius 1 is 1.44 bits per heavy atom. The van der Waals surface area contributed by atoms with Crippen LogP contribution in [0.2, 0.25) is 0 Å². The standard InChI is InChI=1S/C11H14N2.C3H6/c1-4-9-6-10-7-13(3)12-11(10)5-8(9)2;1-3-2/h5-7H,4H2,1-3H3;3H,1H2,2H3. The maximum Gasteiger partial charge on any atom is 0.0926 e. The van der Waals surface area contributed by atoms with Gasteiger partial charge in [0.15, 0.2) is 0 Å². The molecule has 2 heteroatoms. The van der Waals surface area contributed by atoms with Crippen molar-refractivity contribution in [1.29, 1.82) is 0 Å². The van der Waals surface area contributed by atoms with Crippen LogP contribution in [0.25, 0.3) is 10.9 Å². The van der Waals surface area contributed by atoms with Crippen LogP contribution in [0, 0.1) is 6.92 Å². The fourth-order valence-electron chi connectivity index (χ4n) is 1.73. The first-order valence-electron chi connectivity index (χ1n) is 5.62. The highest BCUT2D eigenvalue weighted by molar-refractivity contribution is 5.79. The van der Waals surface area contributed by atoms with E-state index in [4.69, 9.17) is 0 Å². The molecule has 0 spiro atoms. The Balaban J connectivity index is 0.000000386. The molecule has 0 fully saturated rings. The summed E-state index contributed by atoms with van der Waals surface area (Å²) in [5.74, 6) is 0. The van der Waals surface area contributed by atoms with Gasteiger partial charge in [-0.2, -0.15) is 5.10 Å². The summed E-state index contributed by atoms with van der Waals surface area (Å²) >= 11 is 0. The molecule has 2 aromatic rings. The van der Waals surface area contributed by atoms with E-state index in [-0.39, 0.29) is 0 Å². The normalized spacial score (nSPS) is 9.75. The van der Waals surface area contributed by atoms with E-state index in [1.165, 1.54) is 16.5 Å². The lowest BCUT2D eigenvalue weighted by Crippen LogP contribution is -1.86. The van der Waals surface area contributed by atoms with Gasteiger partial charge in [0.05, 0.1) is 5.52 Å². The van der Waals surface area contributed by atoms with Gasteiger partial charge in [-0.3, -0.25) is 4.68 Å². The maximum absolute atomic E-state index is 4.37. The van der Waals surface area contributed by atoms with Crippen LogP contribution in [0.4, 0.5) is 0 Å². The fourth-order valence-corrected chi connectivity index (χ4v) is 1.73. The molecule has 2 nitrogen and oxygen atoms in total. The summed E-state index contributed by atoms with van der Waals surface area (Å²) in [6, 6.07) is 4.39. The molecule has 2 rings (SSSR count). The zero-order valence-electron chi connectivity index (χ0n) is 10.6. The fraction of sp³-hybridized carbons (Fsp3) is 0.357. The highest BCUT2D eigenvalue weighted by atomic mass is 15.2. The van der Waals surface area contributed by atoms with Gasteiger partial charge in [-0.05, 0) is 43.5 Å². The minimum atomic E-state index is 1.09. The Labute approximate surface area is 97.6 Å². The molecule has 86 valence electrons. The average molecular weight is 216 g/mol. The van der Waals surface area contributed by atoms with Crippen molar-refractivity contribution >= 4 is 10.9 Å². The van der Waals surface area contributed by atoms with Crippen molar-refractivity contribution in [3.8, 4) is 0 Å². The summed E-state index contributed by atoms with van der Waals surface area (Å²) in [5, 5.41) is 5.61. The molecule has 0 aliphatic rings. The SMILES string of the molecule is C=CC.CCc1cc2cn(C)nc2cc1C. The number of hydrogen-bond donors (Lipinski definition) is 0. The van der Waals surface area contributed by atoms with E-state index < -0.39 is 0 Å². The van der Waals surface area contributed by atoms with Gasteiger partial charge in [-0.15, -0.1) is 6.58 Å². The van der Waals surface area contributed by atoms with Gasteiger partial charge in [0.25, 0.3) is 0 Å². The third-order valence-electron chi connectivity index (χ3n) is 2.46. The molecule has 1 heterocycles. The number of allylic oxidation sites excluding steroid dienone is 1. The van der Waals surface area contributed by atoms with Gasteiger partial charge in [-0.25, -0.2) is 0 Å². The molecule has 0 bridgehead atoms. The quantitative estimate of drug-likeness (QED) is 0.665. The monoisotopic (exact) mass is 216 g/mol. The van der Waals surface area contributed by atoms with Crippen molar-refractivity contribution in [2.45, 2.75) is 27.2 Å². The second-order valence-electron chi connectivity index (χ2n) is 3.90. The third-order valence-corrected chi connectivity index (χ3v) is 2.46. The second-order valence-corrected chi connectivity index (χ2v) is 3.90. The number of nitrogens with zero attached hydrogens (tertiary/aromatic N) is 2. The number of hydrogen-bond acceptors (Lipinski definition) is 1. The number of rotatable bonds is 1. The highest BCUT2D eigenvalue weighted by Gasteiger charge is 2.02. The van der Waals surface area contributed by atoms with Crippen molar-refractivity contribution in [1.82, 2.24) is 9.78 Å². The van der Waals surface area contributed by atoms with E-state index in [0.29, 0.717) is 0 Å². The molecule has 16 heavy (non-hydrogen) atoms. The third kappa shape index (κ3) is 2.72. The van der Waals surface area contributed by atoms with Gasteiger partial charge in [0.1, 0.15) is 0 Å². The molecule has 0 saturated heterocycles. The first-order valence-corrected chi connectivity index (χ1v) is 5.62. The minimum Gasteiger partial charge on any atom is -0.275 e. The zero-order valence-corrected chi connectivity index (χ0v) is 10.6. The lowest BCUT2D eigenvalue weighted by Gasteiger charge is -2.00. The van der Waals surface area contributed by atoms with Gasteiger partial charge >= 0.3 is 0 Å². The molecular weight excluding hydrogens is 196 g/mol. The van der Waals surface area contributed by atoms with Crippen molar-refractivity contribution < 1.29 is 0 Å². The maximum atomic E-state index is 4.37. The van der Waals surface area contributed by atoms with E-state index in [1.807, 2.05) is 18.7 Å². The van der Waals surface area contributed by atoms with Crippen LogP contribution in [-0.2, 0) is 13.5 Å². The van der Waals surface area contributed by atoms with E-state index in [2.05, 4.69) is 43.9 Å². The Morgan fingerprint density at radius 2 is 2.06 bits per heavy atom. The summed E-state index contributed by atoms with van der Waals surface area (Å²) in [4.78, 5) is 0. The molecule has 0 atom stereocenters. The lowest BCUT2D eigenvalue weighted by atomic mass is 10.0.